The molecule has 0 amide bonds. The van der Waals surface area contributed by atoms with Gasteiger partial charge in [0.15, 0.2) is 5.82 Å². The Balaban J connectivity index is 1.91. The summed E-state index contributed by atoms with van der Waals surface area (Å²) in [4.78, 5) is 4.60. The molecular formula is C12H21N3. The van der Waals surface area contributed by atoms with E-state index in [1.807, 2.05) is 0 Å². The summed E-state index contributed by atoms with van der Waals surface area (Å²) in [6.45, 7) is 4.49. The summed E-state index contributed by atoms with van der Waals surface area (Å²) in [5.41, 5.74) is 0. The highest BCUT2D eigenvalue weighted by Crippen LogP contribution is 2.31. The van der Waals surface area contributed by atoms with E-state index in [2.05, 4.69) is 29.0 Å². The number of nitrogens with one attached hydrogen (secondary N) is 1. The largest absolute Gasteiger partial charge is 0.263 e. The van der Waals surface area contributed by atoms with Crippen LogP contribution in [0.5, 0.6) is 0 Å². The van der Waals surface area contributed by atoms with Gasteiger partial charge >= 0.3 is 0 Å². The Morgan fingerprint density at radius 3 is 2.73 bits per heavy atom. The molecule has 0 radical (unpaired) electrons. The van der Waals surface area contributed by atoms with Crippen LogP contribution >= 0.6 is 0 Å². The van der Waals surface area contributed by atoms with E-state index >= 15 is 0 Å². The summed E-state index contributed by atoms with van der Waals surface area (Å²) in [5, 5.41) is 7.42. The molecule has 1 aliphatic rings. The van der Waals surface area contributed by atoms with E-state index in [0.29, 0.717) is 5.92 Å². The Labute approximate surface area is 91.7 Å². The molecule has 1 N–H and O–H groups in total. The van der Waals surface area contributed by atoms with Crippen LogP contribution in [-0.2, 0) is 6.42 Å². The number of H-pyrrole nitrogens is 1. The summed E-state index contributed by atoms with van der Waals surface area (Å²) in [6, 6.07) is 0. The van der Waals surface area contributed by atoms with Crippen LogP contribution in [0.25, 0.3) is 0 Å². The first-order valence-electron chi connectivity index (χ1n) is 6.17. The maximum absolute atomic E-state index is 4.60. The Hall–Kier alpha value is -0.860. The molecule has 15 heavy (non-hydrogen) atoms. The predicted molar refractivity (Wildman–Crippen MR) is 60.8 cm³/mol. The van der Waals surface area contributed by atoms with Crippen molar-refractivity contribution in [3.8, 4) is 0 Å². The van der Waals surface area contributed by atoms with Crippen LogP contribution in [0.4, 0.5) is 0 Å². The topological polar surface area (TPSA) is 41.6 Å². The Morgan fingerprint density at radius 2 is 2.07 bits per heavy atom. The standard InChI is InChI=1S/C12H21N3/c1-9(2)7-8-11-13-12(15-14-11)10-5-3-4-6-10/h9-10H,3-8H2,1-2H3,(H,13,14,15). The average Bonchev–Trinajstić information content (AvgIpc) is 2.85. The molecule has 1 heterocycles. The summed E-state index contributed by atoms with van der Waals surface area (Å²) in [6.07, 6.45) is 7.49. The third-order valence-electron chi connectivity index (χ3n) is 3.23. The average molecular weight is 207 g/mol. The molecule has 84 valence electrons. The SMILES string of the molecule is CC(C)CCc1nc(C2CCCC2)n[nH]1. The highest BCUT2D eigenvalue weighted by molar-refractivity contribution is 5.00. The van der Waals surface area contributed by atoms with Crippen molar-refractivity contribution in [1.82, 2.24) is 15.2 Å². The maximum atomic E-state index is 4.60. The van der Waals surface area contributed by atoms with Crippen LogP contribution in [0.1, 0.15) is 63.5 Å². The van der Waals surface area contributed by atoms with Crippen molar-refractivity contribution in [2.24, 2.45) is 5.92 Å². The van der Waals surface area contributed by atoms with Crippen LogP contribution < -0.4 is 0 Å². The zero-order valence-corrected chi connectivity index (χ0v) is 9.79. The van der Waals surface area contributed by atoms with Gasteiger partial charge in [0, 0.05) is 12.3 Å². The first-order valence-corrected chi connectivity index (χ1v) is 6.17. The lowest BCUT2D eigenvalue weighted by molar-refractivity contribution is 0.575. The van der Waals surface area contributed by atoms with Crippen LogP contribution in [-0.4, -0.2) is 15.2 Å². The number of aromatic nitrogens is 3. The highest BCUT2D eigenvalue weighted by Gasteiger charge is 2.20. The van der Waals surface area contributed by atoms with Gasteiger partial charge in [0.25, 0.3) is 0 Å². The van der Waals surface area contributed by atoms with Crippen molar-refractivity contribution in [2.75, 3.05) is 0 Å². The number of nitrogens with zero attached hydrogens (tertiary/aromatic N) is 2. The maximum Gasteiger partial charge on any atom is 0.153 e. The highest BCUT2D eigenvalue weighted by atomic mass is 15.2. The van der Waals surface area contributed by atoms with Gasteiger partial charge < -0.3 is 0 Å². The van der Waals surface area contributed by atoms with E-state index in [-0.39, 0.29) is 0 Å². The van der Waals surface area contributed by atoms with Crippen LogP contribution in [0.3, 0.4) is 0 Å². The van der Waals surface area contributed by atoms with E-state index in [1.165, 1.54) is 32.1 Å². The van der Waals surface area contributed by atoms with Gasteiger partial charge in [-0.05, 0) is 25.2 Å². The van der Waals surface area contributed by atoms with E-state index in [0.717, 1.165) is 24.0 Å². The second kappa shape index (κ2) is 4.77. The molecule has 2 rings (SSSR count). The second-order valence-corrected chi connectivity index (χ2v) is 5.05. The molecule has 1 aromatic heterocycles. The van der Waals surface area contributed by atoms with Crippen molar-refractivity contribution >= 4 is 0 Å². The predicted octanol–water partition coefficient (Wildman–Crippen LogP) is 3.05. The number of hydrogen-bond donors (Lipinski definition) is 1. The summed E-state index contributed by atoms with van der Waals surface area (Å²) in [7, 11) is 0. The normalized spacial score (nSPS) is 17.8. The van der Waals surface area contributed by atoms with Crippen molar-refractivity contribution in [1.29, 1.82) is 0 Å². The fourth-order valence-electron chi connectivity index (χ4n) is 2.21. The number of aromatic amines is 1. The fourth-order valence-corrected chi connectivity index (χ4v) is 2.21. The molecule has 3 nitrogen and oxygen atoms in total. The minimum absolute atomic E-state index is 0.633. The lowest BCUT2D eigenvalue weighted by atomic mass is 10.1. The first kappa shape index (κ1) is 10.7. The quantitative estimate of drug-likeness (QED) is 0.824. The molecule has 0 atom stereocenters. The molecule has 0 unspecified atom stereocenters. The van der Waals surface area contributed by atoms with E-state index in [4.69, 9.17) is 0 Å². The number of rotatable bonds is 4. The zero-order chi connectivity index (χ0) is 10.7. The summed E-state index contributed by atoms with van der Waals surface area (Å²) in [5.74, 6) is 3.51. The van der Waals surface area contributed by atoms with Crippen molar-refractivity contribution in [3.63, 3.8) is 0 Å². The number of aryl methyl sites for hydroxylation is 1. The van der Waals surface area contributed by atoms with Gasteiger partial charge in [0.05, 0.1) is 0 Å². The summed E-state index contributed by atoms with van der Waals surface area (Å²) >= 11 is 0. The second-order valence-electron chi connectivity index (χ2n) is 5.05. The van der Waals surface area contributed by atoms with Gasteiger partial charge in [-0.1, -0.05) is 26.7 Å². The van der Waals surface area contributed by atoms with Crippen molar-refractivity contribution < 1.29 is 0 Å². The number of hydrogen-bond acceptors (Lipinski definition) is 2. The fraction of sp³-hybridized carbons (Fsp3) is 0.833. The van der Waals surface area contributed by atoms with Gasteiger partial charge in [-0.25, -0.2) is 4.98 Å². The van der Waals surface area contributed by atoms with E-state index < -0.39 is 0 Å². The molecule has 1 aromatic rings. The first-order chi connectivity index (χ1) is 7.25. The zero-order valence-electron chi connectivity index (χ0n) is 9.79. The van der Waals surface area contributed by atoms with Gasteiger partial charge in [-0.3, -0.25) is 5.10 Å². The molecule has 0 aliphatic heterocycles. The van der Waals surface area contributed by atoms with Crippen LogP contribution in [0.2, 0.25) is 0 Å². The molecule has 0 spiro atoms. The summed E-state index contributed by atoms with van der Waals surface area (Å²) < 4.78 is 0. The van der Waals surface area contributed by atoms with Gasteiger partial charge in [0.2, 0.25) is 0 Å². The molecule has 1 fully saturated rings. The van der Waals surface area contributed by atoms with E-state index in [1.54, 1.807) is 0 Å². The molecule has 0 aromatic carbocycles. The Morgan fingerprint density at radius 1 is 1.33 bits per heavy atom. The third kappa shape index (κ3) is 2.80. The third-order valence-corrected chi connectivity index (χ3v) is 3.23. The van der Waals surface area contributed by atoms with E-state index in [9.17, 15) is 0 Å². The smallest absolute Gasteiger partial charge is 0.153 e. The molecule has 1 saturated carbocycles. The molecule has 0 bridgehead atoms. The Kier molecular flexibility index (Phi) is 3.39. The van der Waals surface area contributed by atoms with Gasteiger partial charge in [-0.15, -0.1) is 0 Å². The molecule has 0 saturated heterocycles. The lowest BCUT2D eigenvalue weighted by Crippen LogP contribution is -1.96. The molecule has 3 heteroatoms. The molecular weight excluding hydrogens is 186 g/mol. The van der Waals surface area contributed by atoms with Crippen molar-refractivity contribution in [2.45, 2.75) is 58.3 Å². The monoisotopic (exact) mass is 207 g/mol. The Bertz CT molecular complexity index is 298. The van der Waals surface area contributed by atoms with Crippen molar-refractivity contribution in [3.05, 3.63) is 11.6 Å². The van der Waals surface area contributed by atoms with Gasteiger partial charge in [0.1, 0.15) is 5.82 Å². The van der Waals surface area contributed by atoms with Crippen LogP contribution in [0.15, 0.2) is 0 Å². The minimum Gasteiger partial charge on any atom is -0.263 e. The lowest BCUT2D eigenvalue weighted by Gasteiger charge is -2.01. The van der Waals surface area contributed by atoms with Gasteiger partial charge in [-0.2, -0.15) is 5.10 Å². The minimum atomic E-state index is 0.633. The molecule has 1 aliphatic carbocycles. The van der Waals surface area contributed by atoms with Crippen LogP contribution in [0, 0.1) is 5.92 Å².